The van der Waals surface area contributed by atoms with Crippen LogP contribution in [0.4, 0.5) is 0 Å². The van der Waals surface area contributed by atoms with Gasteiger partial charge in [-0.05, 0) is 25.5 Å². The van der Waals surface area contributed by atoms with Crippen LogP contribution in [0.5, 0.6) is 5.75 Å². The Morgan fingerprint density at radius 2 is 2.00 bits per heavy atom. The number of rotatable bonds is 3. The maximum absolute atomic E-state index is 11.7. The minimum atomic E-state index is 0.116. The highest BCUT2D eigenvalue weighted by molar-refractivity contribution is 5.91. The van der Waals surface area contributed by atoms with E-state index in [2.05, 4.69) is 19.1 Å². The van der Waals surface area contributed by atoms with Gasteiger partial charge in [0, 0.05) is 17.8 Å². The van der Waals surface area contributed by atoms with Gasteiger partial charge in [0.15, 0.2) is 0 Å². The minimum absolute atomic E-state index is 0.116. The average molecular weight is 228 g/mol. The molecule has 1 aromatic rings. The fourth-order valence-corrected chi connectivity index (χ4v) is 2.76. The molecule has 0 aliphatic heterocycles. The summed E-state index contributed by atoms with van der Waals surface area (Å²) >= 11 is 0. The third-order valence-electron chi connectivity index (χ3n) is 3.79. The molecular formula is C15H16O2. The van der Waals surface area contributed by atoms with E-state index in [-0.39, 0.29) is 11.8 Å². The maximum atomic E-state index is 11.7. The predicted molar refractivity (Wildman–Crippen MR) is 65.9 cm³/mol. The number of carbonyl (C=O) groups is 1. The van der Waals surface area contributed by atoms with Crippen LogP contribution in [0.2, 0.25) is 0 Å². The van der Waals surface area contributed by atoms with Gasteiger partial charge in [-0.25, -0.2) is 0 Å². The highest BCUT2D eigenvalue weighted by Crippen LogP contribution is 2.40. The number of ketones is 1. The molecule has 0 radical (unpaired) electrons. The number of carbonyl (C=O) groups excluding carboxylic acids is 1. The van der Waals surface area contributed by atoms with Crippen LogP contribution < -0.4 is 4.74 Å². The van der Waals surface area contributed by atoms with Crippen LogP contribution in [0, 0.1) is 24.7 Å². The van der Waals surface area contributed by atoms with E-state index in [9.17, 15) is 4.79 Å². The van der Waals surface area contributed by atoms with Crippen LogP contribution in [0.15, 0.2) is 36.4 Å². The van der Waals surface area contributed by atoms with Crippen molar-refractivity contribution in [2.75, 3.05) is 6.61 Å². The Bertz CT molecular complexity index is 458. The standard InChI is InChI=1S/C15H16O2/c1-10-2-5-13(6-3-10)17-9-12-8-11-4-7-14(12)15(11)16/h2-7,11-12,14H,8-9H2,1H3. The molecule has 0 spiro atoms. The number of ether oxygens (including phenoxy) is 1. The van der Waals surface area contributed by atoms with Gasteiger partial charge >= 0.3 is 0 Å². The third kappa shape index (κ3) is 1.88. The lowest BCUT2D eigenvalue weighted by Gasteiger charge is -2.17. The lowest BCUT2D eigenvalue weighted by molar-refractivity contribution is -0.121. The molecule has 17 heavy (non-hydrogen) atoms. The van der Waals surface area contributed by atoms with E-state index in [1.54, 1.807) is 0 Å². The molecule has 0 saturated heterocycles. The van der Waals surface area contributed by atoms with Gasteiger partial charge in [0.1, 0.15) is 11.5 Å². The van der Waals surface area contributed by atoms with Crippen molar-refractivity contribution in [2.24, 2.45) is 17.8 Å². The number of aryl methyl sites for hydroxylation is 1. The topological polar surface area (TPSA) is 26.3 Å². The Hall–Kier alpha value is -1.57. The number of hydrogen-bond donors (Lipinski definition) is 0. The summed E-state index contributed by atoms with van der Waals surface area (Å²) in [6.45, 7) is 2.71. The quantitative estimate of drug-likeness (QED) is 0.744. The van der Waals surface area contributed by atoms with Crippen molar-refractivity contribution in [2.45, 2.75) is 13.3 Å². The van der Waals surface area contributed by atoms with Crippen molar-refractivity contribution >= 4 is 5.78 Å². The van der Waals surface area contributed by atoms with Crippen LogP contribution in [-0.4, -0.2) is 12.4 Å². The lowest BCUT2D eigenvalue weighted by Crippen LogP contribution is -2.18. The van der Waals surface area contributed by atoms with Crippen molar-refractivity contribution in [3.63, 3.8) is 0 Å². The van der Waals surface area contributed by atoms with Gasteiger partial charge in [0.05, 0.1) is 6.61 Å². The van der Waals surface area contributed by atoms with Crippen LogP contribution in [0.25, 0.3) is 0 Å². The summed E-state index contributed by atoms with van der Waals surface area (Å²) in [4.78, 5) is 11.7. The molecule has 3 unspecified atom stereocenters. The summed E-state index contributed by atoms with van der Waals surface area (Å²) in [6, 6.07) is 8.06. The van der Waals surface area contributed by atoms with Gasteiger partial charge in [0.25, 0.3) is 0 Å². The summed E-state index contributed by atoms with van der Waals surface area (Å²) in [6.07, 6.45) is 5.07. The van der Waals surface area contributed by atoms with Crippen molar-refractivity contribution in [1.82, 2.24) is 0 Å². The smallest absolute Gasteiger partial charge is 0.146 e. The zero-order valence-corrected chi connectivity index (χ0v) is 9.93. The van der Waals surface area contributed by atoms with Crippen molar-refractivity contribution in [3.8, 4) is 5.75 Å². The molecule has 1 saturated carbocycles. The first-order valence-corrected chi connectivity index (χ1v) is 6.15. The van der Waals surface area contributed by atoms with Gasteiger partial charge in [-0.15, -0.1) is 0 Å². The molecule has 88 valence electrons. The van der Waals surface area contributed by atoms with E-state index in [4.69, 9.17) is 4.74 Å². The van der Waals surface area contributed by atoms with Gasteiger partial charge in [-0.3, -0.25) is 4.79 Å². The van der Waals surface area contributed by atoms with E-state index in [0.29, 0.717) is 18.3 Å². The zero-order chi connectivity index (χ0) is 11.8. The molecule has 1 aromatic carbocycles. The molecule has 0 amide bonds. The summed E-state index contributed by atoms with van der Waals surface area (Å²) in [7, 11) is 0. The molecular weight excluding hydrogens is 212 g/mol. The Kier molecular flexibility index (Phi) is 2.50. The largest absolute Gasteiger partial charge is 0.493 e. The molecule has 2 nitrogen and oxygen atoms in total. The molecule has 3 atom stereocenters. The first-order chi connectivity index (χ1) is 8.24. The highest BCUT2D eigenvalue weighted by Gasteiger charge is 2.43. The minimum Gasteiger partial charge on any atom is -0.493 e. The van der Waals surface area contributed by atoms with Crippen molar-refractivity contribution in [1.29, 1.82) is 0 Å². The number of hydrogen-bond acceptors (Lipinski definition) is 2. The van der Waals surface area contributed by atoms with E-state index in [0.717, 1.165) is 12.2 Å². The molecule has 0 aromatic heterocycles. The second-order valence-electron chi connectivity index (χ2n) is 5.04. The van der Waals surface area contributed by atoms with Gasteiger partial charge in [-0.2, -0.15) is 0 Å². The van der Waals surface area contributed by atoms with Crippen molar-refractivity contribution < 1.29 is 9.53 Å². The van der Waals surface area contributed by atoms with Gasteiger partial charge in [-0.1, -0.05) is 29.8 Å². The summed E-state index contributed by atoms with van der Waals surface area (Å²) in [5, 5.41) is 0. The highest BCUT2D eigenvalue weighted by atomic mass is 16.5. The van der Waals surface area contributed by atoms with Crippen LogP contribution in [0.1, 0.15) is 12.0 Å². The second kappa shape index (κ2) is 4.02. The monoisotopic (exact) mass is 228 g/mol. The van der Waals surface area contributed by atoms with E-state index >= 15 is 0 Å². The number of fused-ring (bicyclic) bond motifs is 2. The Labute approximate surface area is 101 Å². The Morgan fingerprint density at radius 1 is 1.24 bits per heavy atom. The first-order valence-electron chi connectivity index (χ1n) is 6.15. The van der Waals surface area contributed by atoms with Crippen LogP contribution >= 0.6 is 0 Å². The number of Topliss-reactive ketones (excluding diaryl/α,β-unsaturated/α-hetero) is 1. The summed E-state index contributed by atoms with van der Waals surface area (Å²) in [5.74, 6) is 1.95. The lowest BCUT2D eigenvalue weighted by atomic mass is 9.94. The SMILES string of the molecule is Cc1ccc(OCC2CC3C=CC2C3=O)cc1. The second-order valence-corrected chi connectivity index (χ2v) is 5.04. The van der Waals surface area contributed by atoms with Crippen molar-refractivity contribution in [3.05, 3.63) is 42.0 Å². The molecule has 3 rings (SSSR count). The molecule has 2 aliphatic carbocycles. The van der Waals surface area contributed by atoms with Gasteiger partial charge < -0.3 is 4.74 Å². The normalized spacial score (nSPS) is 29.9. The maximum Gasteiger partial charge on any atom is 0.146 e. The predicted octanol–water partition coefficient (Wildman–Crippen LogP) is 2.77. The molecule has 0 N–H and O–H groups in total. The van der Waals surface area contributed by atoms with E-state index in [1.165, 1.54) is 5.56 Å². The molecule has 0 heterocycles. The van der Waals surface area contributed by atoms with Crippen LogP contribution in [0.3, 0.4) is 0 Å². The van der Waals surface area contributed by atoms with Crippen LogP contribution in [-0.2, 0) is 4.79 Å². The average Bonchev–Trinajstić information content (AvgIpc) is 2.84. The fraction of sp³-hybridized carbons (Fsp3) is 0.400. The Morgan fingerprint density at radius 3 is 2.59 bits per heavy atom. The Balaban J connectivity index is 1.61. The third-order valence-corrected chi connectivity index (χ3v) is 3.79. The molecule has 2 heteroatoms. The fourth-order valence-electron chi connectivity index (χ4n) is 2.76. The number of allylic oxidation sites excluding steroid dienone is 2. The molecule has 2 bridgehead atoms. The van der Waals surface area contributed by atoms with Gasteiger partial charge in [0.2, 0.25) is 0 Å². The summed E-state index contributed by atoms with van der Waals surface area (Å²) in [5.41, 5.74) is 1.23. The number of benzene rings is 1. The zero-order valence-electron chi connectivity index (χ0n) is 9.93. The molecule has 2 aliphatic rings. The van der Waals surface area contributed by atoms with E-state index in [1.807, 2.05) is 24.3 Å². The first kappa shape index (κ1) is 10.6. The van der Waals surface area contributed by atoms with E-state index < -0.39 is 0 Å². The molecule has 1 fully saturated rings. The summed E-state index contributed by atoms with van der Waals surface area (Å²) < 4.78 is 5.76.